The zero-order chi connectivity index (χ0) is 8.97. The fourth-order valence-electron chi connectivity index (χ4n) is 1.07. The molecule has 1 heterocycles. The number of nitrogens with zero attached hydrogens (tertiary/aromatic N) is 3. The van der Waals surface area contributed by atoms with Crippen LogP contribution in [0.2, 0.25) is 0 Å². The molecule has 0 saturated heterocycles. The van der Waals surface area contributed by atoms with Gasteiger partial charge < -0.3 is 0 Å². The molecule has 1 unspecified atom stereocenters. The number of hydrazone groups is 1. The second kappa shape index (κ2) is 3.89. The minimum atomic E-state index is -0.455. The van der Waals surface area contributed by atoms with Crippen LogP contribution < -0.4 is 5.43 Å². The lowest BCUT2D eigenvalue weighted by Gasteiger charge is -2.13. The normalized spacial score (nSPS) is 21.1. The van der Waals surface area contributed by atoms with Gasteiger partial charge in [0.05, 0.1) is 0 Å². The molecule has 0 fully saturated rings. The van der Waals surface area contributed by atoms with Crippen molar-refractivity contribution in [1.82, 2.24) is 10.4 Å². The lowest BCUT2D eigenvalue weighted by Crippen LogP contribution is -2.40. The predicted octanol–water partition coefficient (Wildman–Crippen LogP) is 0.543. The molecule has 0 saturated carbocycles. The van der Waals surface area contributed by atoms with Crippen LogP contribution in [0.3, 0.4) is 0 Å². The molecule has 1 N–H and O–H groups in total. The number of unbranched alkanes of at least 4 members (excludes halogenated alkanes) is 1. The van der Waals surface area contributed by atoms with E-state index in [-0.39, 0.29) is 6.17 Å². The maximum Gasteiger partial charge on any atom is 0.180 e. The third-order valence-electron chi connectivity index (χ3n) is 1.74. The van der Waals surface area contributed by atoms with Crippen LogP contribution in [0.15, 0.2) is 5.10 Å². The fourth-order valence-corrected chi connectivity index (χ4v) is 1.07. The monoisotopic (exact) mass is 172 g/mol. The van der Waals surface area contributed by atoms with E-state index in [0.717, 1.165) is 24.3 Å². The van der Waals surface area contributed by atoms with E-state index in [4.69, 9.17) is 0 Å². The summed E-state index contributed by atoms with van der Waals surface area (Å²) in [6.07, 6.45) is 3.69. The van der Waals surface area contributed by atoms with Crippen LogP contribution in [-0.2, 0) is 0 Å². The SMILES string of the molecule is CCCCC1NN=CN1[N+](=O)[O-]. The average Bonchev–Trinajstić information content (AvgIpc) is 2.48. The Hall–Kier alpha value is -1.33. The summed E-state index contributed by atoms with van der Waals surface area (Å²) in [5, 5.41) is 14.5. The Kier molecular flexibility index (Phi) is 2.84. The minimum absolute atomic E-state index is 0.264. The van der Waals surface area contributed by atoms with Gasteiger partial charge in [-0.3, -0.25) is 5.43 Å². The van der Waals surface area contributed by atoms with Gasteiger partial charge in [0.2, 0.25) is 0 Å². The molecule has 0 amide bonds. The smallest absolute Gasteiger partial charge is 0.180 e. The van der Waals surface area contributed by atoms with Gasteiger partial charge in [-0.15, -0.1) is 0 Å². The molecule has 6 nitrogen and oxygen atoms in total. The van der Waals surface area contributed by atoms with E-state index in [2.05, 4.69) is 10.5 Å². The molecule has 0 aromatic carbocycles. The summed E-state index contributed by atoms with van der Waals surface area (Å²) in [4.78, 5) is 10.4. The van der Waals surface area contributed by atoms with Crippen LogP contribution in [0.1, 0.15) is 26.2 Å². The third kappa shape index (κ3) is 1.84. The zero-order valence-electron chi connectivity index (χ0n) is 6.93. The summed E-state index contributed by atoms with van der Waals surface area (Å²) < 4.78 is 0. The van der Waals surface area contributed by atoms with Gasteiger partial charge in [-0.25, -0.2) is 10.1 Å². The number of hydrogen-bond acceptors (Lipinski definition) is 4. The second-order valence-electron chi connectivity index (χ2n) is 2.65. The molecule has 1 atom stereocenters. The van der Waals surface area contributed by atoms with E-state index in [1.165, 1.54) is 6.34 Å². The van der Waals surface area contributed by atoms with E-state index >= 15 is 0 Å². The summed E-state index contributed by atoms with van der Waals surface area (Å²) in [7, 11) is 0. The molecular weight excluding hydrogens is 160 g/mol. The quantitative estimate of drug-likeness (QED) is 0.496. The van der Waals surface area contributed by atoms with Crippen LogP contribution >= 0.6 is 0 Å². The Morgan fingerprint density at radius 3 is 3.17 bits per heavy atom. The number of hydrazine groups is 1. The molecule has 12 heavy (non-hydrogen) atoms. The Bertz CT molecular complexity index is 194. The first-order valence-electron chi connectivity index (χ1n) is 3.97. The van der Waals surface area contributed by atoms with Crippen LogP contribution in [0, 0.1) is 10.1 Å². The van der Waals surface area contributed by atoms with Crippen molar-refractivity contribution in [2.45, 2.75) is 32.4 Å². The average molecular weight is 172 g/mol. The highest BCUT2D eigenvalue weighted by atomic mass is 16.7. The summed E-state index contributed by atoms with van der Waals surface area (Å²) in [6.45, 7) is 2.05. The molecule has 1 aliphatic heterocycles. The number of nitro groups is 1. The van der Waals surface area contributed by atoms with E-state index in [1.807, 2.05) is 6.92 Å². The van der Waals surface area contributed by atoms with E-state index < -0.39 is 5.03 Å². The molecule has 1 rings (SSSR count). The first-order valence-corrected chi connectivity index (χ1v) is 3.97. The Morgan fingerprint density at radius 1 is 1.83 bits per heavy atom. The molecule has 0 aromatic heterocycles. The first kappa shape index (κ1) is 8.76. The zero-order valence-corrected chi connectivity index (χ0v) is 6.93. The third-order valence-corrected chi connectivity index (χ3v) is 1.74. The number of rotatable bonds is 4. The molecule has 68 valence electrons. The molecule has 1 aliphatic rings. The topological polar surface area (TPSA) is 70.8 Å². The van der Waals surface area contributed by atoms with E-state index in [9.17, 15) is 10.1 Å². The summed E-state index contributed by atoms with van der Waals surface area (Å²) in [6, 6.07) is 0. The summed E-state index contributed by atoms with van der Waals surface area (Å²) >= 11 is 0. The van der Waals surface area contributed by atoms with Crippen LogP contribution in [0.5, 0.6) is 0 Å². The van der Waals surface area contributed by atoms with Crippen molar-refractivity contribution in [2.24, 2.45) is 5.10 Å². The van der Waals surface area contributed by atoms with Crippen LogP contribution in [0.4, 0.5) is 0 Å². The van der Waals surface area contributed by atoms with Gasteiger partial charge in [0.15, 0.2) is 17.5 Å². The van der Waals surface area contributed by atoms with E-state index in [1.54, 1.807) is 0 Å². The molecular formula is C6H12N4O2. The molecule has 0 spiro atoms. The van der Waals surface area contributed by atoms with Gasteiger partial charge in [0.1, 0.15) is 0 Å². The van der Waals surface area contributed by atoms with Crippen LogP contribution in [-0.4, -0.2) is 22.5 Å². The highest BCUT2D eigenvalue weighted by Gasteiger charge is 2.27. The Labute approximate surface area is 70.4 Å². The van der Waals surface area contributed by atoms with Gasteiger partial charge in [0, 0.05) is 0 Å². The predicted molar refractivity (Wildman–Crippen MR) is 43.8 cm³/mol. The lowest BCUT2D eigenvalue weighted by atomic mass is 10.2. The number of nitrogens with one attached hydrogen (secondary N) is 1. The highest BCUT2D eigenvalue weighted by molar-refractivity contribution is 5.54. The largest absolute Gasteiger partial charge is 0.280 e. The molecule has 0 aliphatic carbocycles. The Morgan fingerprint density at radius 2 is 2.58 bits per heavy atom. The van der Waals surface area contributed by atoms with Gasteiger partial charge in [-0.1, -0.05) is 18.4 Å². The molecule has 0 radical (unpaired) electrons. The van der Waals surface area contributed by atoms with Crippen molar-refractivity contribution in [3.05, 3.63) is 10.1 Å². The first-order chi connectivity index (χ1) is 5.75. The van der Waals surface area contributed by atoms with Gasteiger partial charge in [0.25, 0.3) is 0 Å². The highest BCUT2D eigenvalue weighted by Crippen LogP contribution is 2.08. The summed E-state index contributed by atoms with van der Waals surface area (Å²) in [5.41, 5.74) is 2.68. The molecule has 0 bridgehead atoms. The van der Waals surface area contributed by atoms with Crippen molar-refractivity contribution < 1.29 is 5.03 Å². The lowest BCUT2D eigenvalue weighted by molar-refractivity contribution is -0.635. The maximum atomic E-state index is 10.4. The second-order valence-corrected chi connectivity index (χ2v) is 2.65. The van der Waals surface area contributed by atoms with Gasteiger partial charge in [-0.2, -0.15) is 5.10 Å². The minimum Gasteiger partial charge on any atom is -0.280 e. The van der Waals surface area contributed by atoms with Crippen molar-refractivity contribution >= 4 is 6.34 Å². The van der Waals surface area contributed by atoms with Crippen LogP contribution in [0.25, 0.3) is 0 Å². The van der Waals surface area contributed by atoms with E-state index in [0.29, 0.717) is 0 Å². The number of hydrogen-bond donors (Lipinski definition) is 1. The fraction of sp³-hybridized carbons (Fsp3) is 0.833. The van der Waals surface area contributed by atoms with Crippen molar-refractivity contribution in [1.29, 1.82) is 0 Å². The maximum absolute atomic E-state index is 10.4. The summed E-state index contributed by atoms with van der Waals surface area (Å²) in [5.74, 6) is 0. The van der Waals surface area contributed by atoms with Gasteiger partial charge >= 0.3 is 0 Å². The Balaban J connectivity index is 2.39. The standard InChI is InChI=1S/C6H12N4O2/c1-2-3-4-6-8-7-5-9(6)10(11)12/h5-6,8H,2-4H2,1H3. The van der Waals surface area contributed by atoms with Gasteiger partial charge in [-0.05, 0) is 12.8 Å². The van der Waals surface area contributed by atoms with Crippen molar-refractivity contribution in [3.63, 3.8) is 0 Å². The molecule has 6 heteroatoms. The van der Waals surface area contributed by atoms with Crippen molar-refractivity contribution in [3.8, 4) is 0 Å². The van der Waals surface area contributed by atoms with Crippen molar-refractivity contribution in [2.75, 3.05) is 0 Å². The molecule has 0 aromatic rings.